The van der Waals surface area contributed by atoms with Crippen molar-refractivity contribution in [3.63, 3.8) is 0 Å². The Balaban J connectivity index is 2.17. The van der Waals surface area contributed by atoms with E-state index in [0.29, 0.717) is 6.61 Å². The van der Waals surface area contributed by atoms with E-state index in [9.17, 15) is 0 Å². The first kappa shape index (κ1) is 9.96. The largest absolute Gasteiger partial charge is 0.326 e. The van der Waals surface area contributed by atoms with Crippen molar-refractivity contribution in [3.05, 3.63) is 0 Å². The van der Waals surface area contributed by atoms with Crippen molar-refractivity contribution in [2.24, 2.45) is 5.90 Å². The van der Waals surface area contributed by atoms with Crippen LogP contribution in [0, 0.1) is 0 Å². The molecule has 0 aliphatic carbocycles. The van der Waals surface area contributed by atoms with Gasteiger partial charge in [0.2, 0.25) is 0 Å². The van der Waals surface area contributed by atoms with Crippen LogP contribution in [-0.4, -0.2) is 37.8 Å². The lowest BCUT2D eigenvalue weighted by Gasteiger charge is -2.37. The van der Waals surface area contributed by atoms with Gasteiger partial charge in [0.25, 0.3) is 0 Å². The number of quaternary nitrogens is 1. The van der Waals surface area contributed by atoms with Crippen molar-refractivity contribution < 1.29 is 9.32 Å². The number of rotatable bonds is 4. The molecule has 0 aromatic heterocycles. The Bertz CT molecular complexity index is 122. The second kappa shape index (κ2) is 4.80. The van der Waals surface area contributed by atoms with Gasteiger partial charge in [0.1, 0.15) is 0 Å². The molecular formula is C9H21N2O+. The molecule has 1 aliphatic heterocycles. The van der Waals surface area contributed by atoms with Gasteiger partial charge in [-0.05, 0) is 19.3 Å². The first-order valence-electron chi connectivity index (χ1n) is 4.92. The van der Waals surface area contributed by atoms with Crippen molar-refractivity contribution >= 4 is 0 Å². The summed E-state index contributed by atoms with van der Waals surface area (Å²) in [6.07, 6.45) is 5.29. The Kier molecular flexibility index (Phi) is 3.98. The zero-order valence-electron chi connectivity index (χ0n) is 8.09. The number of hydrogen-bond acceptors (Lipinski definition) is 2. The van der Waals surface area contributed by atoms with Gasteiger partial charge in [-0.2, -0.15) is 0 Å². The SMILES string of the molecule is C[N+]1([13CH2][13CH2][13CH2]ON)CCCCC1. The maximum atomic E-state index is 4.98. The minimum Gasteiger partial charge on any atom is -0.326 e. The quantitative estimate of drug-likeness (QED) is 0.299. The molecule has 0 aromatic rings. The Morgan fingerprint density at radius 1 is 1.25 bits per heavy atom. The van der Waals surface area contributed by atoms with Gasteiger partial charge in [-0.3, -0.25) is 0 Å². The summed E-state index contributed by atoms with van der Waals surface area (Å²) in [5.41, 5.74) is 0. The lowest BCUT2D eigenvalue weighted by Crippen LogP contribution is -2.48. The number of nitrogens with zero attached hydrogens (tertiary/aromatic N) is 1. The predicted octanol–water partition coefficient (Wildman–Crippen LogP) is 0.897. The van der Waals surface area contributed by atoms with Gasteiger partial charge < -0.3 is 9.32 Å². The Morgan fingerprint density at radius 3 is 2.50 bits per heavy atom. The van der Waals surface area contributed by atoms with Gasteiger partial charge in [0.05, 0.1) is 33.3 Å². The number of nitrogens with two attached hydrogens (primary N) is 1. The van der Waals surface area contributed by atoms with Crippen LogP contribution >= 0.6 is 0 Å². The maximum absolute atomic E-state index is 4.98. The third-order valence-electron chi connectivity index (χ3n) is 2.86. The van der Waals surface area contributed by atoms with E-state index in [4.69, 9.17) is 5.90 Å². The fourth-order valence-electron chi connectivity index (χ4n) is 2.03. The third kappa shape index (κ3) is 3.09. The van der Waals surface area contributed by atoms with Gasteiger partial charge in [-0.25, -0.2) is 5.90 Å². The second-order valence-electron chi connectivity index (χ2n) is 4.08. The number of piperidine rings is 1. The normalized spacial score (nSPS) is 22.5. The molecule has 0 amide bonds. The highest BCUT2D eigenvalue weighted by Crippen LogP contribution is 2.16. The van der Waals surface area contributed by atoms with Crippen molar-refractivity contribution in [2.45, 2.75) is 25.7 Å². The van der Waals surface area contributed by atoms with E-state index in [1.165, 1.54) is 43.4 Å². The first-order chi connectivity index (χ1) is 5.77. The number of likely N-dealkylation sites (tertiary alicyclic amines) is 1. The second-order valence-corrected chi connectivity index (χ2v) is 4.08. The van der Waals surface area contributed by atoms with Crippen LogP contribution in [0.5, 0.6) is 0 Å². The van der Waals surface area contributed by atoms with Crippen molar-refractivity contribution in [2.75, 3.05) is 33.3 Å². The molecule has 0 bridgehead atoms. The van der Waals surface area contributed by atoms with Gasteiger partial charge in [-0.15, -0.1) is 0 Å². The van der Waals surface area contributed by atoms with Crippen LogP contribution in [-0.2, 0) is 4.84 Å². The summed E-state index contributed by atoms with van der Waals surface area (Å²) in [5, 5.41) is 0. The van der Waals surface area contributed by atoms with Crippen LogP contribution < -0.4 is 5.90 Å². The van der Waals surface area contributed by atoms with E-state index >= 15 is 0 Å². The smallest absolute Gasteiger partial charge is 0.0807 e. The molecule has 0 unspecified atom stereocenters. The van der Waals surface area contributed by atoms with Crippen molar-refractivity contribution in [3.8, 4) is 0 Å². The van der Waals surface area contributed by atoms with Crippen LogP contribution in [0.15, 0.2) is 0 Å². The summed E-state index contributed by atoms with van der Waals surface area (Å²) in [4.78, 5) is 4.57. The van der Waals surface area contributed by atoms with E-state index in [0.717, 1.165) is 6.42 Å². The molecule has 1 aliphatic rings. The standard InChI is InChI=1S/C9H21N2O/c1-11(8-5-9-12-10)6-3-2-4-7-11/h2-10H2,1H3/q+1/i5+1,8+1,9+1. The average Bonchev–Trinajstić information content (AvgIpc) is 2.06. The minimum atomic E-state index is 0.702. The molecule has 0 saturated carbocycles. The lowest BCUT2D eigenvalue weighted by atomic mass is 10.1. The fourth-order valence-corrected chi connectivity index (χ4v) is 2.03. The van der Waals surface area contributed by atoms with E-state index in [-0.39, 0.29) is 0 Å². The van der Waals surface area contributed by atoms with E-state index < -0.39 is 0 Å². The molecule has 72 valence electrons. The molecule has 1 rings (SSSR count). The molecule has 1 saturated heterocycles. The van der Waals surface area contributed by atoms with Crippen molar-refractivity contribution in [1.29, 1.82) is 0 Å². The fraction of sp³-hybridized carbons (Fsp3) is 1.00. The topological polar surface area (TPSA) is 35.2 Å². The molecule has 0 atom stereocenters. The average molecular weight is 176 g/mol. The summed E-state index contributed by atoms with van der Waals surface area (Å²) in [5.74, 6) is 4.98. The molecule has 2 N–H and O–H groups in total. The molecule has 0 spiro atoms. The van der Waals surface area contributed by atoms with Gasteiger partial charge in [0, 0.05) is 6.42 Å². The third-order valence-corrected chi connectivity index (χ3v) is 2.86. The van der Waals surface area contributed by atoms with Crippen LogP contribution in [0.4, 0.5) is 0 Å². The Morgan fingerprint density at radius 2 is 1.92 bits per heavy atom. The Hall–Kier alpha value is -0.120. The summed E-state index contributed by atoms with van der Waals surface area (Å²) >= 11 is 0. The van der Waals surface area contributed by atoms with Crippen LogP contribution in [0.3, 0.4) is 0 Å². The zero-order valence-corrected chi connectivity index (χ0v) is 8.09. The van der Waals surface area contributed by atoms with Crippen LogP contribution in [0.1, 0.15) is 25.7 Å². The first-order valence-corrected chi connectivity index (χ1v) is 4.92. The van der Waals surface area contributed by atoms with E-state index in [1.54, 1.807) is 0 Å². The molecular weight excluding hydrogens is 155 g/mol. The summed E-state index contributed by atoms with van der Waals surface area (Å²) in [7, 11) is 2.34. The van der Waals surface area contributed by atoms with Gasteiger partial charge in [-0.1, -0.05) is 0 Å². The summed E-state index contributed by atoms with van der Waals surface area (Å²) in [6.45, 7) is 4.60. The highest BCUT2D eigenvalue weighted by molar-refractivity contribution is 4.51. The highest BCUT2D eigenvalue weighted by atomic mass is 16.7. The molecule has 0 radical (unpaired) electrons. The molecule has 1 fully saturated rings. The van der Waals surface area contributed by atoms with Crippen molar-refractivity contribution in [1.82, 2.24) is 0 Å². The maximum Gasteiger partial charge on any atom is 0.0807 e. The monoisotopic (exact) mass is 176 g/mol. The molecule has 3 nitrogen and oxygen atoms in total. The zero-order chi connectivity index (χ0) is 8.86. The lowest BCUT2D eigenvalue weighted by molar-refractivity contribution is -0.914. The molecule has 12 heavy (non-hydrogen) atoms. The van der Waals surface area contributed by atoms with Gasteiger partial charge in [0.15, 0.2) is 0 Å². The molecule has 0 aromatic carbocycles. The van der Waals surface area contributed by atoms with Crippen LogP contribution in [0.25, 0.3) is 0 Å². The van der Waals surface area contributed by atoms with E-state index in [2.05, 4.69) is 11.9 Å². The van der Waals surface area contributed by atoms with Gasteiger partial charge >= 0.3 is 0 Å². The molecule has 1 heterocycles. The summed E-state index contributed by atoms with van der Waals surface area (Å²) < 4.78 is 1.23. The highest BCUT2D eigenvalue weighted by Gasteiger charge is 2.23. The minimum absolute atomic E-state index is 0.702. The predicted molar refractivity (Wildman–Crippen MR) is 49.4 cm³/mol. The molecule has 3 heteroatoms. The van der Waals surface area contributed by atoms with E-state index in [1.807, 2.05) is 0 Å². The number of hydrogen-bond donors (Lipinski definition) is 1. The Labute approximate surface area is 75.0 Å². The summed E-state index contributed by atoms with van der Waals surface area (Å²) in [6, 6.07) is 0. The van der Waals surface area contributed by atoms with Crippen LogP contribution in [0.2, 0.25) is 0 Å².